The second-order valence-corrected chi connectivity index (χ2v) is 3.86. The number of unbranched alkanes of at least 4 members (excludes halogenated alkanes) is 3. The highest BCUT2D eigenvalue weighted by atomic mass is 16.4. The molecule has 1 rings (SSSR count). The van der Waals surface area contributed by atoms with Gasteiger partial charge in [0.25, 0.3) is 5.56 Å². The molecule has 5 nitrogen and oxygen atoms in total. The summed E-state index contributed by atoms with van der Waals surface area (Å²) < 4.78 is 1.42. The quantitative estimate of drug-likeness (QED) is 0.698. The summed E-state index contributed by atoms with van der Waals surface area (Å²) in [5.41, 5.74) is -0.648. The maximum atomic E-state index is 11.7. The van der Waals surface area contributed by atoms with E-state index < -0.39 is 11.5 Å². The zero-order valence-electron chi connectivity index (χ0n) is 9.63. The summed E-state index contributed by atoms with van der Waals surface area (Å²) in [7, 11) is 0. The van der Waals surface area contributed by atoms with E-state index in [1.165, 1.54) is 10.6 Å². The van der Waals surface area contributed by atoms with Crippen molar-refractivity contribution in [3.63, 3.8) is 0 Å². The van der Waals surface area contributed by atoms with Crippen molar-refractivity contribution in [3.8, 4) is 0 Å². The van der Waals surface area contributed by atoms with E-state index in [4.69, 9.17) is 10.2 Å². The Bertz CT molecular complexity index is 425. The third kappa shape index (κ3) is 4.03. The molecule has 94 valence electrons. The van der Waals surface area contributed by atoms with Gasteiger partial charge in [-0.05, 0) is 25.0 Å². The monoisotopic (exact) mass is 239 g/mol. The van der Waals surface area contributed by atoms with Crippen LogP contribution in [0.2, 0.25) is 0 Å². The Morgan fingerprint density at radius 1 is 1.24 bits per heavy atom. The third-order valence-corrected chi connectivity index (χ3v) is 2.56. The van der Waals surface area contributed by atoms with Crippen LogP contribution < -0.4 is 5.56 Å². The standard InChI is InChI=1S/C12H17NO4/c14-9-4-2-1-3-7-13-8-5-6-10(11(13)15)12(16)17/h5-6,8,14H,1-4,7,9H2,(H,16,17). The number of aliphatic hydroxyl groups excluding tert-OH is 1. The molecule has 1 aromatic heterocycles. The minimum absolute atomic E-state index is 0.189. The number of hydrogen-bond acceptors (Lipinski definition) is 3. The smallest absolute Gasteiger partial charge is 0.341 e. The van der Waals surface area contributed by atoms with Crippen molar-refractivity contribution < 1.29 is 15.0 Å². The molecule has 0 bridgehead atoms. The summed E-state index contributed by atoms with van der Waals surface area (Å²) in [4.78, 5) is 22.4. The van der Waals surface area contributed by atoms with Gasteiger partial charge in [-0.25, -0.2) is 4.79 Å². The first-order chi connectivity index (χ1) is 8.16. The Kier molecular flexibility index (Phi) is 5.42. The zero-order chi connectivity index (χ0) is 12.7. The molecule has 0 unspecified atom stereocenters. The molecule has 0 radical (unpaired) electrons. The molecule has 0 saturated carbocycles. The molecule has 0 saturated heterocycles. The fourth-order valence-corrected chi connectivity index (χ4v) is 1.62. The molecule has 5 heteroatoms. The molecule has 0 aromatic carbocycles. The van der Waals surface area contributed by atoms with Crippen LogP contribution in [-0.2, 0) is 6.54 Å². The van der Waals surface area contributed by atoms with E-state index in [9.17, 15) is 9.59 Å². The van der Waals surface area contributed by atoms with Crippen molar-refractivity contribution in [2.45, 2.75) is 32.2 Å². The number of pyridine rings is 1. The van der Waals surface area contributed by atoms with Crippen LogP contribution in [0.1, 0.15) is 36.0 Å². The molecule has 1 heterocycles. The van der Waals surface area contributed by atoms with Crippen molar-refractivity contribution in [1.82, 2.24) is 4.57 Å². The number of aromatic nitrogens is 1. The van der Waals surface area contributed by atoms with Crippen LogP contribution in [-0.4, -0.2) is 27.4 Å². The van der Waals surface area contributed by atoms with Crippen molar-refractivity contribution in [2.24, 2.45) is 0 Å². The van der Waals surface area contributed by atoms with E-state index in [0.717, 1.165) is 25.7 Å². The van der Waals surface area contributed by atoms with E-state index >= 15 is 0 Å². The number of rotatable bonds is 7. The highest BCUT2D eigenvalue weighted by molar-refractivity contribution is 5.86. The normalized spacial score (nSPS) is 10.4. The molecule has 1 aromatic rings. The lowest BCUT2D eigenvalue weighted by atomic mass is 10.2. The van der Waals surface area contributed by atoms with Crippen LogP contribution >= 0.6 is 0 Å². The Balaban J connectivity index is 2.57. The van der Waals surface area contributed by atoms with Gasteiger partial charge in [-0.15, -0.1) is 0 Å². The van der Waals surface area contributed by atoms with E-state index in [1.54, 1.807) is 12.3 Å². The van der Waals surface area contributed by atoms with Gasteiger partial charge in [0, 0.05) is 19.3 Å². The molecular weight excluding hydrogens is 222 g/mol. The van der Waals surface area contributed by atoms with Gasteiger partial charge < -0.3 is 14.8 Å². The summed E-state index contributed by atoms with van der Waals surface area (Å²) in [5, 5.41) is 17.4. The Morgan fingerprint density at radius 2 is 1.94 bits per heavy atom. The summed E-state index contributed by atoms with van der Waals surface area (Å²) in [6.45, 7) is 0.708. The Hall–Kier alpha value is -1.62. The molecule has 0 amide bonds. The first kappa shape index (κ1) is 13.4. The Labute approximate surface area is 99.3 Å². The minimum Gasteiger partial charge on any atom is -0.477 e. The number of carbonyl (C=O) groups is 1. The predicted octanol–water partition coefficient (Wildman–Crippen LogP) is 1.10. The fourth-order valence-electron chi connectivity index (χ4n) is 1.62. The van der Waals surface area contributed by atoms with Gasteiger partial charge in [-0.1, -0.05) is 12.8 Å². The van der Waals surface area contributed by atoms with Gasteiger partial charge in [0.15, 0.2) is 0 Å². The molecule has 0 fully saturated rings. The number of aliphatic hydroxyl groups is 1. The van der Waals surface area contributed by atoms with Crippen molar-refractivity contribution in [2.75, 3.05) is 6.61 Å². The lowest BCUT2D eigenvalue weighted by molar-refractivity contribution is 0.0694. The van der Waals surface area contributed by atoms with Gasteiger partial charge in [0.2, 0.25) is 0 Å². The van der Waals surface area contributed by atoms with Crippen LogP contribution in [0.4, 0.5) is 0 Å². The van der Waals surface area contributed by atoms with Crippen molar-refractivity contribution in [1.29, 1.82) is 0 Å². The molecule has 0 aliphatic rings. The van der Waals surface area contributed by atoms with Gasteiger partial charge in [0.05, 0.1) is 0 Å². The topological polar surface area (TPSA) is 79.5 Å². The van der Waals surface area contributed by atoms with Crippen LogP contribution in [0.3, 0.4) is 0 Å². The third-order valence-electron chi connectivity index (χ3n) is 2.56. The second kappa shape index (κ2) is 6.85. The molecule has 0 spiro atoms. The zero-order valence-corrected chi connectivity index (χ0v) is 9.63. The average Bonchev–Trinajstić information content (AvgIpc) is 2.30. The molecule has 0 aliphatic carbocycles. The first-order valence-corrected chi connectivity index (χ1v) is 5.70. The lowest BCUT2D eigenvalue weighted by Crippen LogP contribution is -2.25. The van der Waals surface area contributed by atoms with E-state index in [0.29, 0.717) is 6.54 Å². The average molecular weight is 239 g/mol. The number of hydrogen-bond donors (Lipinski definition) is 2. The van der Waals surface area contributed by atoms with Crippen LogP contribution in [0.25, 0.3) is 0 Å². The molecular formula is C12H17NO4. The fraction of sp³-hybridized carbons (Fsp3) is 0.500. The molecule has 0 aliphatic heterocycles. The second-order valence-electron chi connectivity index (χ2n) is 3.86. The van der Waals surface area contributed by atoms with Gasteiger partial charge >= 0.3 is 5.97 Å². The van der Waals surface area contributed by atoms with Crippen LogP contribution in [0.15, 0.2) is 23.1 Å². The maximum Gasteiger partial charge on any atom is 0.341 e. The van der Waals surface area contributed by atoms with E-state index in [2.05, 4.69) is 0 Å². The van der Waals surface area contributed by atoms with Crippen LogP contribution in [0.5, 0.6) is 0 Å². The van der Waals surface area contributed by atoms with Gasteiger partial charge in [0.1, 0.15) is 5.56 Å². The number of aryl methyl sites for hydroxylation is 1. The summed E-state index contributed by atoms with van der Waals surface area (Å²) in [6, 6.07) is 2.88. The summed E-state index contributed by atoms with van der Waals surface area (Å²) in [6.07, 6.45) is 5.02. The number of aromatic carboxylic acids is 1. The van der Waals surface area contributed by atoms with E-state index in [1.807, 2.05) is 0 Å². The van der Waals surface area contributed by atoms with Crippen molar-refractivity contribution >= 4 is 5.97 Å². The molecule has 0 atom stereocenters. The minimum atomic E-state index is -1.19. The van der Waals surface area contributed by atoms with Crippen LogP contribution in [0, 0.1) is 0 Å². The highest BCUT2D eigenvalue weighted by Crippen LogP contribution is 2.01. The van der Waals surface area contributed by atoms with Crippen molar-refractivity contribution in [3.05, 3.63) is 34.2 Å². The number of nitrogens with zero attached hydrogens (tertiary/aromatic N) is 1. The number of carboxylic acid groups (broad SMARTS) is 1. The lowest BCUT2D eigenvalue weighted by Gasteiger charge is -2.05. The maximum absolute atomic E-state index is 11.7. The van der Waals surface area contributed by atoms with E-state index in [-0.39, 0.29) is 12.2 Å². The molecule has 17 heavy (non-hydrogen) atoms. The predicted molar refractivity (Wildman–Crippen MR) is 63.2 cm³/mol. The highest BCUT2D eigenvalue weighted by Gasteiger charge is 2.09. The SMILES string of the molecule is O=C(O)c1cccn(CCCCCCO)c1=O. The summed E-state index contributed by atoms with van der Waals surface area (Å²) in [5.74, 6) is -1.19. The Morgan fingerprint density at radius 3 is 2.59 bits per heavy atom. The largest absolute Gasteiger partial charge is 0.477 e. The first-order valence-electron chi connectivity index (χ1n) is 5.70. The number of carboxylic acids is 1. The van der Waals surface area contributed by atoms with Gasteiger partial charge in [-0.3, -0.25) is 4.79 Å². The summed E-state index contributed by atoms with van der Waals surface area (Å²) >= 11 is 0. The van der Waals surface area contributed by atoms with Gasteiger partial charge in [-0.2, -0.15) is 0 Å². The molecule has 2 N–H and O–H groups in total.